The number of halogens is 1. The molecule has 0 aromatic heterocycles. The molecule has 31 heavy (non-hydrogen) atoms. The first-order chi connectivity index (χ1) is 13.9. The van der Waals surface area contributed by atoms with Crippen LogP contribution < -0.4 is 0 Å². The van der Waals surface area contributed by atoms with E-state index in [1.54, 1.807) is 0 Å². The third-order valence-electron chi connectivity index (χ3n) is 5.23. The molecule has 3 heteroatoms. The largest absolute Gasteiger partial charge is 0.179 e. The topological polar surface area (TPSA) is 0 Å². The molecule has 0 saturated heterocycles. The van der Waals surface area contributed by atoms with Crippen molar-refractivity contribution in [1.82, 2.24) is 0 Å². The normalized spacial score (nSPS) is 10.4. The summed E-state index contributed by atoms with van der Waals surface area (Å²) < 4.78 is 0. The fourth-order valence-corrected chi connectivity index (χ4v) is 4.00. The van der Waals surface area contributed by atoms with Gasteiger partial charge in [-0.2, -0.15) is 59.7 Å². The van der Waals surface area contributed by atoms with E-state index in [1.807, 2.05) is 38.9 Å². The van der Waals surface area contributed by atoms with Crippen LogP contribution in [0.15, 0.2) is 84.9 Å². The molecule has 4 aromatic rings. The summed E-state index contributed by atoms with van der Waals surface area (Å²) in [5.41, 5.74) is 11.0. The van der Waals surface area contributed by atoms with Crippen molar-refractivity contribution >= 4 is 20.0 Å². The van der Waals surface area contributed by atoms with Crippen LogP contribution in [0, 0.1) is 27.0 Å². The standard InChI is InChI=1S/2C13H9.2CH3.ClH.H2Si.Ti/c2*1-3-7-12-10(5-1)9-11-6-2-4-8-13(11)12;;;;;/h2*1-5,7-8H,9H2;2*1H3;1H;1H2;/q4*-1;;;. The Balaban J connectivity index is 0.000000264. The monoisotopic (exact) mass is 474 g/mol. The first-order valence-corrected chi connectivity index (χ1v) is 13.4. The van der Waals surface area contributed by atoms with Crippen molar-refractivity contribution in [3.05, 3.63) is 134 Å². The molecule has 4 aromatic carbocycles. The minimum atomic E-state index is 0. The van der Waals surface area contributed by atoms with Crippen LogP contribution >= 0.6 is 12.4 Å². The Morgan fingerprint density at radius 2 is 0.903 bits per heavy atom. The Morgan fingerprint density at radius 3 is 1.32 bits per heavy atom. The second kappa shape index (κ2) is 12.8. The van der Waals surface area contributed by atoms with Crippen LogP contribution in [0.3, 0.4) is 0 Å². The SMILES string of the molecule is Cl.[CH3-].[CH3-].[SiH2]=[Ti].[c-]1cccc2c1Cc1ccccc1-2.[c-]1cccc2c1Cc1ccccc1-2. The fourth-order valence-electron chi connectivity index (χ4n) is 4.00. The van der Waals surface area contributed by atoms with Gasteiger partial charge < -0.3 is 14.9 Å². The molecule has 0 aliphatic heterocycles. The Bertz CT molecular complexity index is 947. The molecule has 158 valence electrons. The Morgan fingerprint density at radius 1 is 0.548 bits per heavy atom. The molecule has 0 N–H and O–H groups in total. The molecule has 0 spiro atoms. The summed E-state index contributed by atoms with van der Waals surface area (Å²) in [5.74, 6) is 0. The number of rotatable bonds is 0. The van der Waals surface area contributed by atoms with E-state index >= 15 is 0 Å². The molecule has 0 unspecified atom stereocenters. The maximum Gasteiger partial charge on any atom is -0.0253 e. The van der Waals surface area contributed by atoms with Crippen LogP contribution in [0.2, 0.25) is 0 Å². The van der Waals surface area contributed by atoms with Gasteiger partial charge in [-0.25, -0.2) is 0 Å². The summed E-state index contributed by atoms with van der Waals surface area (Å²) in [7, 11) is 1.86. The van der Waals surface area contributed by atoms with Gasteiger partial charge in [-0.1, -0.05) is 70.8 Å². The van der Waals surface area contributed by atoms with Crippen molar-refractivity contribution in [2.75, 3.05) is 0 Å². The average Bonchev–Trinajstić information content (AvgIpc) is 3.34. The van der Waals surface area contributed by atoms with Crippen LogP contribution in [0.5, 0.6) is 0 Å². The second-order valence-electron chi connectivity index (χ2n) is 6.79. The van der Waals surface area contributed by atoms with Crippen molar-refractivity contribution in [2.24, 2.45) is 0 Å². The van der Waals surface area contributed by atoms with Gasteiger partial charge in [-0.15, -0.1) is 23.5 Å². The van der Waals surface area contributed by atoms with Gasteiger partial charge in [0.15, 0.2) is 0 Å². The maximum atomic E-state index is 3.30. The van der Waals surface area contributed by atoms with Crippen molar-refractivity contribution in [3.8, 4) is 22.3 Å². The number of benzene rings is 4. The molecule has 0 nitrogen and oxygen atoms in total. The van der Waals surface area contributed by atoms with Crippen LogP contribution in [0.25, 0.3) is 22.3 Å². The predicted molar refractivity (Wildman–Crippen MR) is 136 cm³/mol. The summed E-state index contributed by atoms with van der Waals surface area (Å²) in [6, 6.07) is 36.2. The van der Waals surface area contributed by atoms with Gasteiger partial charge in [0.1, 0.15) is 0 Å². The van der Waals surface area contributed by atoms with E-state index in [9.17, 15) is 0 Å². The minimum absolute atomic E-state index is 0. The molecule has 2 aliphatic carbocycles. The second-order valence-corrected chi connectivity index (χ2v) is 6.79. The number of fused-ring (bicyclic) bond motifs is 6. The van der Waals surface area contributed by atoms with Crippen LogP contribution in [-0.2, 0) is 32.0 Å². The molecule has 0 fully saturated rings. The number of hydrogen-bond acceptors (Lipinski definition) is 0. The van der Waals surface area contributed by atoms with E-state index in [2.05, 4.69) is 84.9 Å². The van der Waals surface area contributed by atoms with E-state index in [4.69, 9.17) is 0 Å². The van der Waals surface area contributed by atoms with Crippen LogP contribution in [0.4, 0.5) is 0 Å². The van der Waals surface area contributed by atoms with Gasteiger partial charge >= 0.3 is 26.8 Å². The predicted octanol–water partition coefficient (Wildman–Crippen LogP) is 6.52. The van der Waals surface area contributed by atoms with Gasteiger partial charge in [-0.05, 0) is 12.8 Å². The summed E-state index contributed by atoms with van der Waals surface area (Å²) in [6.07, 6.45) is 2.10. The van der Waals surface area contributed by atoms with Crippen molar-refractivity contribution < 1.29 is 19.2 Å². The molecule has 0 bridgehead atoms. The van der Waals surface area contributed by atoms with Crippen LogP contribution in [-0.4, -0.2) is 7.63 Å². The zero-order valence-electron chi connectivity index (χ0n) is 18.1. The third-order valence-corrected chi connectivity index (χ3v) is 5.23. The molecule has 0 amide bonds. The van der Waals surface area contributed by atoms with Gasteiger partial charge in [-0.3, -0.25) is 0 Å². The summed E-state index contributed by atoms with van der Waals surface area (Å²) in [5, 5.41) is 0. The fraction of sp³-hybridized carbons (Fsp3) is 0.0714. The maximum absolute atomic E-state index is 3.30. The minimum Gasteiger partial charge on any atom is -0.179 e. The summed E-state index contributed by atoms with van der Waals surface area (Å²) in [4.78, 5) is 0. The van der Waals surface area contributed by atoms with Gasteiger partial charge in [0.05, 0.1) is 0 Å². The van der Waals surface area contributed by atoms with E-state index in [1.165, 1.54) is 44.5 Å². The van der Waals surface area contributed by atoms with E-state index in [-0.39, 0.29) is 27.3 Å². The molecule has 0 saturated carbocycles. The van der Waals surface area contributed by atoms with Gasteiger partial charge in [0.25, 0.3) is 0 Å². The molecule has 2 aliphatic rings. The first-order valence-electron chi connectivity index (χ1n) is 9.41. The Labute approximate surface area is 207 Å². The first kappa shape index (κ1) is 27.1. The Kier molecular flexibility index (Phi) is 11.2. The van der Waals surface area contributed by atoms with E-state index < -0.39 is 0 Å². The zero-order valence-corrected chi connectivity index (χ0v) is 21.9. The summed E-state index contributed by atoms with van der Waals surface area (Å²) >= 11 is 2.03. The molecule has 0 atom stereocenters. The molecular formula is C28H27ClSiTi-4. The zero-order chi connectivity index (χ0) is 19.3. The smallest absolute Gasteiger partial charge is 0.0253 e. The quantitative estimate of drug-likeness (QED) is 0.174. The summed E-state index contributed by atoms with van der Waals surface area (Å²) in [6.45, 7) is 0. The van der Waals surface area contributed by atoms with Crippen molar-refractivity contribution in [3.63, 3.8) is 0 Å². The van der Waals surface area contributed by atoms with Crippen LogP contribution in [0.1, 0.15) is 22.3 Å². The van der Waals surface area contributed by atoms with Crippen molar-refractivity contribution in [1.29, 1.82) is 0 Å². The molecule has 6 rings (SSSR count). The average molecular weight is 475 g/mol. The Hall–Kier alpha value is -1.90. The third kappa shape index (κ3) is 5.67. The molecular weight excluding hydrogens is 448 g/mol. The van der Waals surface area contributed by atoms with E-state index in [0.717, 1.165) is 12.8 Å². The van der Waals surface area contributed by atoms with Gasteiger partial charge in [0, 0.05) is 0 Å². The van der Waals surface area contributed by atoms with Crippen molar-refractivity contribution in [2.45, 2.75) is 12.8 Å². The van der Waals surface area contributed by atoms with Gasteiger partial charge in [0.2, 0.25) is 0 Å². The molecule has 0 heterocycles. The van der Waals surface area contributed by atoms with E-state index in [0.29, 0.717) is 0 Å². The molecule has 0 radical (unpaired) electrons. The number of hydrogen-bond donors (Lipinski definition) is 0.